The van der Waals surface area contributed by atoms with E-state index in [0.29, 0.717) is 25.7 Å². The number of hydrogen-bond acceptors (Lipinski definition) is 6. The van der Waals surface area contributed by atoms with Crippen LogP contribution in [0.2, 0.25) is 0 Å². The molecule has 8 amide bonds. The van der Waals surface area contributed by atoms with Crippen LogP contribution in [0.4, 0.5) is 9.59 Å². The summed E-state index contributed by atoms with van der Waals surface area (Å²) in [5.41, 5.74) is -2.12. The van der Waals surface area contributed by atoms with Gasteiger partial charge in [0.1, 0.15) is 10.8 Å². The molecule has 2 heterocycles. The number of hydrogen-bond donors (Lipinski definition) is 4. The molecule has 27 heavy (non-hydrogen) atoms. The molecule has 4 N–H and O–H groups in total. The van der Waals surface area contributed by atoms with Crippen LogP contribution in [0.1, 0.15) is 53.4 Å². The molecule has 0 atom stereocenters. The van der Waals surface area contributed by atoms with Gasteiger partial charge in [-0.25, -0.2) is 9.59 Å². The third kappa shape index (κ3) is 4.76. The normalized spacial score (nSPS) is 20.1. The number of carbonyl (C=O) groups excluding carboxylic acids is 6. The Hall–Kier alpha value is -1.73. The molecular formula is C16H24N4O6U. The zero-order valence-electron chi connectivity index (χ0n) is 15.8. The van der Waals surface area contributed by atoms with Crippen molar-refractivity contribution >= 4 is 35.7 Å². The molecule has 11 heteroatoms. The first-order valence-electron chi connectivity index (χ1n) is 8.47. The summed E-state index contributed by atoms with van der Waals surface area (Å²) in [4.78, 5) is 67.1. The SMILES string of the molecule is CCC1(CC)C(=O)NC(=O)NC1=O.CCC1(CC)C(=O)NC(=O)NC1=O.[U]. The number of amides is 8. The summed E-state index contributed by atoms with van der Waals surface area (Å²) in [6, 6.07) is -1.46. The minimum atomic E-state index is -1.06. The summed E-state index contributed by atoms with van der Waals surface area (Å²) in [7, 11) is 0. The van der Waals surface area contributed by atoms with Crippen LogP contribution in [0.25, 0.3) is 0 Å². The van der Waals surface area contributed by atoms with Crippen molar-refractivity contribution in [2.45, 2.75) is 53.4 Å². The molecule has 0 aromatic rings. The van der Waals surface area contributed by atoms with Crippen LogP contribution < -0.4 is 21.3 Å². The fourth-order valence-corrected chi connectivity index (χ4v) is 2.94. The smallest absolute Gasteiger partial charge is 0.277 e. The van der Waals surface area contributed by atoms with E-state index < -0.39 is 46.5 Å². The molecule has 0 aromatic carbocycles. The van der Waals surface area contributed by atoms with E-state index in [9.17, 15) is 28.8 Å². The summed E-state index contributed by atoms with van der Waals surface area (Å²) >= 11 is 0. The number of barbiturate groups is 2. The van der Waals surface area contributed by atoms with Crippen molar-refractivity contribution in [3.63, 3.8) is 0 Å². The van der Waals surface area contributed by atoms with Crippen molar-refractivity contribution in [3.8, 4) is 0 Å². The second-order valence-electron chi connectivity index (χ2n) is 6.05. The van der Waals surface area contributed by atoms with Crippen LogP contribution in [-0.2, 0) is 19.2 Å². The molecule has 0 unspecified atom stereocenters. The average molecular weight is 606 g/mol. The fraction of sp³-hybridized carbons (Fsp3) is 0.625. The second-order valence-corrected chi connectivity index (χ2v) is 6.05. The van der Waals surface area contributed by atoms with Crippen molar-refractivity contribution < 1.29 is 59.9 Å². The van der Waals surface area contributed by atoms with Crippen LogP contribution in [-0.4, -0.2) is 35.7 Å². The van der Waals surface area contributed by atoms with Gasteiger partial charge in [-0.15, -0.1) is 0 Å². The van der Waals surface area contributed by atoms with Crippen molar-refractivity contribution in [2.24, 2.45) is 10.8 Å². The summed E-state index contributed by atoms with van der Waals surface area (Å²) in [6.45, 7) is 6.99. The molecule has 0 aromatic heterocycles. The van der Waals surface area contributed by atoms with Crippen LogP contribution in [0, 0.1) is 41.9 Å². The average Bonchev–Trinajstić information content (AvgIpc) is 2.56. The van der Waals surface area contributed by atoms with Crippen molar-refractivity contribution in [1.82, 2.24) is 21.3 Å². The zero-order valence-corrected chi connectivity index (χ0v) is 19.9. The molecule has 0 bridgehead atoms. The van der Waals surface area contributed by atoms with E-state index in [1.54, 1.807) is 27.7 Å². The minimum Gasteiger partial charge on any atom is -0.277 e. The first-order chi connectivity index (χ1) is 12.1. The third-order valence-electron chi connectivity index (χ3n) is 5.06. The Morgan fingerprint density at radius 1 is 0.519 bits per heavy atom. The van der Waals surface area contributed by atoms with Crippen molar-refractivity contribution in [3.05, 3.63) is 0 Å². The van der Waals surface area contributed by atoms with Gasteiger partial charge in [0, 0.05) is 31.1 Å². The Labute approximate surface area is 180 Å². The van der Waals surface area contributed by atoms with Gasteiger partial charge in [0.2, 0.25) is 23.6 Å². The van der Waals surface area contributed by atoms with Crippen LogP contribution in [0.3, 0.4) is 0 Å². The van der Waals surface area contributed by atoms with E-state index in [0.717, 1.165) is 0 Å². The molecule has 10 nitrogen and oxygen atoms in total. The Morgan fingerprint density at radius 3 is 0.852 bits per heavy atom. The summed E-state index contributed by atoms with van der Waals surface area (Å²) < 4.78 is 0. The molecular weight excluding hydrogens is 582 g/mol. The minimum absolute atomic E-state index is 0. The van der Waals surface area contributed by atoms with Gasteiger partial charge in [0.05, 0.1) is 0 Å². The fourth-order valence-electron chi connectivity index (χ4n) is 2.94. The molecule has 0 saturated carbocycles. The monoisotopic (exact) mass is 606 g/mol. The summed E-state index contributed by atoms with van der Waals surface area (Å²) in [5, 5.41) is 8.37. The van der Waals surface area contributed by atoms with Gasteiger partial charge in [0.15, 0.2) is 0 Å². The Morgan fingerprint density at radius 2 is 0.704 bits per heavy atom. The Bertz CT molecular complexity index is 555. The predicted molar refractivity (Wildman–Crippen MR) is 89.4 cm³/mol. The van der Waals surface area contributed by atoms with Crippen LogP contribution >= 0.6 is 0 Å². The molecule has 2 rings (SSSR count). The molecule has 148 valence electrons. The third-order valence-corrected chi connectivity index (χ3v) is 5.06. The van der Waals surface area contributed by atoms with Crippen LogP contribution in [0.15, 0.2) is 0 Å². The van der Waals surface area contributed by atoms with Crippen molar-refractivity contribution in [1.29, 1.82) is 0 Å². The van der Waals surface area contributed by atoms with Crippen molar-refractivity contribution in [2.75, 3.05) is 0 Å². The van der Waals surface area contributed by atoms with E-state index in [-0.39, 0.29) is 31.1 Å². The summed E-state index contributed by atoms with van der Waals surface area (Å²) in [5.74, 6) is -1.98. The maximum atomic E-state index is 11.4. The van der Waals surface area contributed by atoms with E-state index in [4.69, 9.17) is 0 Å². The van der Waals surface area contributed by atoms with Gasteiger partial charge in [-0.2, -0.15) is 0 Å². The first kappa shape index (κ1) is 25.3. The zero-order chi connectivity index (χ0) is 20.1. The predicted octanol–water partition coefficient (Wildman–Crippen LogP) is 0.318. The number of nitrogens with one attached hydrogen (secondary N) is 4. The largest absolute Gasteiger partial charge is 0.328 e. The van der Waals surface area contributed by atoms with Gasteiger partial charge in [-0.3, -0.25) is 40.4 Å². The molecule has 0 radical (unpaired) electrons. The van der Waals surface area contributed by atoms with Crippen LogP contribution in [0.5, 0.6) is 0 Å². The van der Waals surface area contributed by atoms with E-state index in [1.165, 1.54) is 0 Å². The van der Waals surface area contributed by atoms with E-state index >= 15 is 0 Å². The molecule has 0 spiro atoms. The van der Waals surface area contributed by atoms with Gasteiger partial charge in [-0.05, 0) is 25.7 Å². The number of imide groups is 4. The van der Waals surface area contributed by atoms with E-state index in [1.807, 2.05) is 0 Å². The molecule has 0 aliphatic carbocycles. The Kier molecular flexibility index (Phi) is 9.35. The van der Waals surface area contributed by atoms with Gasteiger partial charge < -0.3 is 0 Å². The molecule has 2 aliphatic heterocycles. The standard InChI is InChI=1S/2C8H12N2O3.U/c2*1-3-8(4-2)5(11)9-7(13)10-6(8)12;/h2*3-4H2,1-2H3,(H2,9,10,11,12,13);. The second kappa shape index (κ2) is 9.99. The topological polar surface area (TPSA) is 151 Å². The van der Waals surface area contributed by atoms with E-state index in [2.05, 4.69) is 21.3 Å². The number of carbonyl (C=O) groups is 6. The first-order valence-corrected chi connectivity index (χ1v) is 8.47. The number of urea groups is 2. The molecule has 2 aliphatic rings. The van der Waals surface area contributed by atoms with Gasteiger partial charge in [0.25, 0.3) is 0 Å². The summed E-state index contributed by atoms with van der Waals surface area (Å²) in [6.07, 6.45) is 1.59. The maximum Gasteiger partial charge on any atom is 0.328 e. The quantitative estimate of drug-likeness (QED) is 0.339. The molecule has 2 fully saturated rings. The van der Waals surface area contributed by atoms with Gasteiger partial charge in [-0.1, -0.05) is 27.7 Å². The van der Waals surface area contributed by atoms with Gasteiger partial charge >= 0.3 is 12.1 Å². The molecule has 2 saturated heterocycles. The maximum absolute atomic E-state index is 11.4. The number of rotatable bonds is 4. The Balaban J connectivity index is 0.000000483.